The molecule has 8 nitrogen and oxygen atoms in total. The Hall–Kier alpha value is -1.96. The van der Waals surface area contributed by atoms with Gasteiger partial charge >= 0.3 is 5.69 Å². The van der Waals surface area contributed by atoms with Crippen molar-refractivity contribution in [2.24, 2.45) is 11.8 Å². The first-order chi connectivity index (χ1) is 8.63. The zero-order chi connectivity index (χ0) is 13.1. The minimum Gasteiger partial charge on any atom is -0.354 e. The third-order valence-electron chi connectivity index (χ3n) is 3.24. The predicted molar refractivity (Wildman–Crippen MR) is 67.1 cm³/mol. The lowest BCUT2D eigenvalue weighted by molar-refractivity contribution is -0.383. The van der Waals surface area contributed by atoms with Gasteiger partial charge in [-0.25, -0.2) is 15.8 Å². The minimum absolute atomic E-state index is 0.0328. The van der Waals surface area contributed by atoms with E-state index in [1.807, 2.05) is 0 Å². The molecule has 0 amide bonds. The Morgan fingerprint density at radius 3 is 2.83 bits per heavy atom. The Morgan fingerprint density at radius 1 is 1.61 bits per heavy atom. The quantitative estimate of drug-likeness (QED) is 0.455. The minimum atomic E-state index is -0.512. The summed E-state index contributed by atoms with van der Waals surface area (Å²) >= 11 is 0. The molecule has 0 aliphatic heterocycles. The zero-order valence-electron chi connectivity index (χ0n) is 10.2. The molecule has 0 spiro atoms. The van der Waals surface area contributed by atoms with E-state index < -0.39 is 4.92 Å². The Kier molecular flexibility index (Phi) is 3.56. The second-order valence-corrected chi connectivity index (χ2v) is 4.47. The fourth-order valence-corrected chi connectivity index (χ4v) is 2.07. The van der Waals surface area contributed by atoms with Crippen LogP contribution in [0.1, 0.15) is 19.3 Å². The van der Waals surface area contributed by atoms with E-state index in [0.29, 0.717) is 11.7 Å². The fourth-order valence-electron chi connectivity index (χ4n) is 2.07. The standard InChI is InChI=1S/C10H16N6O2/c1-15(5-7-3-2-4-7)10-8(16(17)18)9(14-11)12-6-13-10/h6-7H,2-5,11H2,1H3,(H,12,13,14). The number of hydrazine groups is 1. The first-order valence-electron chi connectivity index (χ1n) is 5.80. The van der Waals surface area contributed by atoms with E-state index in [9.17, 15) is 10.1 Å². The lowest BCUT2D eigenvalue weighted by Crippen LogP contribution is -2.30. The van der Waals surface area contributed by atoms with Crippen molar-refractivity contribution in [3.63, 3.8) is 0 Å². The Bertz CT molecular complexity index is 448. The van der Waals surface area contributed by atoms with Crippen LogP contribution in [0.4, 0.5) is 17.3 Å². The van der Waals surface area contributed by atoms with Gasteiger partial charge in [0, 0.05) is 13.6 Å². The maximum Gasteiger partial charge on any atom is 0.354 e. The van der Waals surface area contributed by atoms with Crippen LogP contribution in [0.5, 0.6) is 0 Å². The van der Waals surface area contributed by atoms with Gasteiger partial charge in [0.2, 0.25) is 11.6 Å². The predicted octanol–water partition coefficient (Wildman–Crippen LogP) is 0.907. The summed E-state index contributed by atoms with van der Waals surface area (Å²) in [5.74, 6) is 6.16. The number of nitrogens with zero attached hydrogens (tertiary/aromatic N) is 4. The van der Waals surface area contributed by atoms with Crippen molar-refractivity contribution in [2.75, 3.05) is 23.9 Å². The van der Waals surface area contributed by atoms with Crippen LogP contribution in [0.15, 0.2) is 6.33 Å². The third-order valence-corrected chi connectivity index (χ3v) is 3.24. The SMILES string of the molecule is CN(CC1CCC1)c1ncnc(NN)c1[N+](=O)[O-]. The van der Waals surface area contributed by atoms with Crippen LogP contribution < -0.4 is 16.2 Å². The maximum absolute atomic E-state index is 11.1. The van der Waals surface area contributed by atoms with E-state index in [4.69, 9.17) is 5.84 Å². The zero-order valence-corrected chi connectivity index (χ0v) is 10.2. The van der Waals surface area contributed by atoms with Crippen molar-refractivity contribution in [2.45, 2.75) is 19.3 Å². The molecule has 3 N–H and O–H groups in total. The monoisotopic (exact) mass is 252 g/mol. The molecule has 1 fully saturated rings. The van der Waals surface area contributed by atoms with Crippen molar-refractivity contribution in [3.8, 4) is 0 Å². The smallest absolute Gasteiger partial charge is 0.354 e. The van der Waals surface area contributed by atoms with Crippen LogP contribution in [0.3, 0.4) is 0 Å². The number of hydrogen-bond donors (Lipinski definition) is 2. The number of nitrogens with one attached hydrogen (secondary N) is 1. The highest BCUT2D eigenvalue weighted by Gasteiger charge is 2.27. The molecule has 1 saturated carbocycles. The summed E-state index contributed by atoms with van der Waals surface area (Å²) < 4.78 is 0. The molecule has 0 atom stereocenters. The first kappa shape index (κ1) is 12.5. The average Bonchev–Trinajstić information content (AvgIpc) is 2.32. The van der Waals surface area contributed by atoms with Crippen molar-refractivity contribution >= 4 is 17.3 Å². The van der Waals surface area contributed by atoms with Gasteiger partial charge in [-0.15, -0.1) is 0 Å². The first-order valence-corrected chi connectivity index (χ1v) is 5.80. The largest absolute Gasteiger partial charge is 0.354 e. The third kappa shape index (κ3) is 2.33. The normalized spacial score (nSPS) is 15.0. The lowest BCUT2D eigenvalue weighted by Gasteiger charge is -2.30. The van der Waals surface area contributed by atoms with E-state index in [2.05, 4.69) is 15.4 Å². The highest BCUT2D eigenvalue weighted by molar-refractivity contribution is 5.69. The number of rotatable bonds is 5. The van der Waals surface area contributed by atoms with Gasteiger partial charge in [-0.05, 0) is 18.8 Å². The van der Waals surface area contributed by atoms with Gasteiger partial charge in [-0.2, -0.15) is 0 Å². The van der Waals surface area contributed by atoms with Gasteiger partial charge in [0.25, 0.3) is 0 Å². The second-order valence-electron chi connectivity index (χ2n) is 4.47. The molecule has 98 valence electrons. The molecule has 1 aliphatic carbocycles. The highest BCUT2D eigenvalue weighted by Crippen LogP contribution is 2.33. The van der Waals surface area contributed by atoms with Crippen LogP contribution in [0.25, 0.3) is 0 Å². The highest BCUT2D eigenvalue weighted by atomic mass is 16.6. The molecule has 0 unspecified atom stereocenters. The molecule has 18 heavy (non-hydrogen) atoms. The molecule has 1 aliphatic rings. The number of anilines is 2. The molecule has 0 radical (unpaired) electrons. The molecule has 1 aromatic heterocycles. The number of hydrogen-bond acceptors (Lipinski definition) is 7. The maximum atomic E-state index is 11.1. The molecule has 1 heterocycles. The van der Waals surface area contributed by atoms with Crippen molar-refractivity contribution in [1.82, 2.24) is 9.97 Å². The molecule has 1 aromatic rings. The molecule has 2 rings (SSSR count). The van der Waals surface area contributed by atoms with Gasteiger partial charge in [-0.3, -0.25) is 10.1 Å². The van der Waals surface area contributed by atoms with E-state index in [0.717, 1.165) is 6.54 Å². The van der Waals surface area contributed by atoms with Gasteiger partial charge in [-0.1, -0.05) is 6.42 Å². The molecular formula is C10H16N6O2. The van der Waals surface area contributed by atoms with E-state index in [1.54, 1.807) is 11.9 Å². The summed E-state index contributed by atoms with van der Waals surface area (Å²) in [6, 6.07) is 0. The van der Waals surface area contributed by atoms with Crippen LogP contribution in [0, 0.1) is 16.0 Å². The van der Waals surface area contributed by atoms with E-state index >= 15 is 0 Å². The molecular weight excluding hydrogens is 236 g/mol. The summed E-state index contributed by atoms with van der Waals surface area (Å²) in [7, 11) is 1.80. The van der Waals surface area contributed by atoms with Crippen LogP contribution in [-0.2, 0) is 0 Å². The topological polar surface area (TPSA) is 110 Å². The van der Waals surface area contributed by atoms with Gasteiger partial charge < -0.3 is 10.3 Å². The lowest BCUT2D eigenvalue weighted by atomic mass is 9.85. The summed E-state index contributed by atoms with van der Waals surface area (Å²) in [4.78, 5) is 20.1. The Morgan fingerprint density at radius 2 is 2.33 bits per heavy atom. The van der Waals surface area contributed by atoms with Gasteiger partial charge in [0.15, 0.2) is 0 Å². The van der Waals surface area contributed by atoms with Crippen molar-refractivity contribution in [1.29, 1.82) is 0 Å². The average molecular weight is 252 g/mol. The molecule has 8 heteroatoms. The summed E-state index contributed by atoms with van der Waals surface area (Å²) in [5.41, 5.74) is 2.06. The van der Waals surface area contributed by atoms with E-state index in [1.165, 1.54) is 25.6 Å². The Balaban J connectivity index is 2.27. The fraction of sp³-hybridized carbons (Fsp3) is 0.600. The summed E-state index contributed by atoms with van der Waals surface area (Å²) in [6.07, 6.45) is 4.85. The van der Waals surface area contributed by atoms with E-state index in [-0.39, 0.29) is 11.5 Å². The number of nitrogens with two attached hydrogens (primary N) is 1. The van der Waals surface area contributed by atoms with Crippen molar-refractivity contribution in [3.05, 3.63) is 16.4 Å². The number of nitrogen functional groups attached to an aromatic ring is 1. The summed E-state index contributed by atoms with van der Waals surface area (Å²) in [6.45, 7) is 0.766. The van der Waals surface area contributed by atoms with Crippen LogP contribution in [0.2, 0.25) is 0 Å². The van der Waals surface area contributed by atoms with Crippen LogP contribution in [-0.4, -0.2) is 28.5 Å². The second kappa shape index (κ2) is 5.13. The Labute approximate surface area is 104 Å². The summed E-state index contributed by atoms with van der Waals surface area (Å²) in [5, 5.41) is 11.1. The molecule has 0 bridgehead atoms. The number of aromatic nitrogens is 2. The molecule has 0 aromatic carbocycles. The van der Waals surface area contributed by atoms with Crippen molar-refractivity contribution < 1.29 is 4.92 Å². The van der Waals surface area contributed by atoms with Gasteiger partial charge in [0.05, 0.1) is 4.92 Å². The molecule has 0 saturated heterocycles. The van der Waals surface area contributed by atoms with Crippen LogP contribution >= 0.6 is 0 Å². The number of nitro groups is 1. The van der Waals surface area contributed by atoms with Gasteiger partial charge in [0.1, 0.15) is 6.33 Å².